The van der Waals surface area contributed by atoms with Crippen molar-refractivity contribution in [1.82, 2.24) is 4.90 Å². The summed E-state index contributed by atoms with van der Waals surface area (Å²) >= 11 is 0.828. The van der Waals surface area contributed by atoms with Gasteiger partial charge in [0.15, 0.2) is 5.78 Å². The van der Waals surface area contributed by atoms with Crippen LogP contribution in [0, 0.1) is 0 Å². The fourth-order valence-electron chi connectivity index (χ4n) is 3.10. The Bertz CT molecular complexity index is 1140. The smallest absolute Gasteiger partial charge is 0.293 e. The molecular weight excluding hydrogens is 410 g/mol. The third-order valence-electron chi connectivity index (χ3n) is 4.71. The third-order valence-corrected chi connectivity index (χ3v) is 5.62. The molecule has 3 aromatic carbocycles. The molecule has 0 unspecified atom stereocenters. The van der Waals surface area contributed by atoms with Crippen LogP contribution in [0.2, 0.25) is 0 Å². The Morgan fingerprint density at radius 2 is 1.52 bits per heavy atom. The maximum absolute atomic E-state index is 12.8. The minimum atomic E-state index is -0.475. The number of benzene rings is 3. The van der Waals surface area contributed by atoms with Crippen LogP contribution in [0.1, 0.15) is 21.5 Å². The number of para-hydroxylation sites is 1. The molecule has 1 fully saturated rings. The number of ketones is 1. The molecule has 0 aromatic heterocycles. The van der Waals surface area contributed by atoms with Crippen LogP contribution < -0.4 is 4.74 Å². The first-order valence-corrected chi connectivity index (χ1v) is 10.5. The van der Waals surface area contributed by atoms with Gasteiger partial charge in [-0.15, -0.1) is 0 Å². The van der Waals surface area contributed by atoms with Crippen LogP contribution in [0.15, 0.2) is 89.8 Å². The van der Waals surface area contributed by atoms with Crippen LogP contribution in [0.25, 0.3) is 6.08 Å². The Balaban J connectivity index is 1.50. The van der Waals surface area contributed by atoms with Gasteiger partial charge in [0.25, 0.3) is 11.1 Å². The van der Waals surface area contributed by atoms with E-state index in [4.69, 9.17) is 4.74 Å². The van der Waals surface area contributed by atoms with E-state index in [2.05, 4.69) is 0 Å². The average Bonchev–Trinajstić information content (AvgIpc) is 3.07. The summed E-state index contributed by atoms with van der Waals surface area (Å²) < 4.78 is 5.93. The molecule has 6 heteroatoms. The van der Waals surface area contributed by atoms with Crippen LogP contribution in [-0.4, -0.2) is 28.4 Å². The van der Waals surface area contributed by atoms with E-state index in [1.165, 1.54) is 0 Å². The molecule has 0 bridgehead atoms. The molecule has 0 atom stereocenters. The Labute approximate surface area is 184 Å². The summed E-state index contributed by atoms with van der Waals surface area (Å²) in [6.07, 6.45) is 1.64. The van der Waals surface area contributed by atoms with Crippen molar-refractivity contribution in [2.75, 3.05) is 6.54 Å². The number of carbonyl (C=O) groups is 3. The predicted octanol–water partition coefficient (Wildman–Crippen LogP) is 5.18. The van der Waals surface area contributed by atoms with Gasteiger partial charge in [0.1, 0.15) is 12.4 Å². The molecule has 31 heavy (non-hydrogen) atoms. The van der Waals surface area contributed by atoms with Crippen LogP contribution in [0.5, 0.6) is 5.75 Å². The van der Waals surface area contributed by atoms with E-state index in [1.54, 1.807) is 36.4 Å². The lowest BCUT2D eigenvalue weighted by Gasteiger charge is -2.11. The van der Waals surface area contributed by atoms with E-state index in [9.17, 15) is 14.4 Å². The summed E-state index contributed by atoms with van der Waals surface area (Å²) in [4.78, 5) is 38.9. The van der Waals surface area contributed by atoms with Crippen molar-refractivity contribution in [3.05, 3.63) is 107 Å². The second-order valence-corrected chi connectivity index (χ2v) is 7.86. The molecule has 4 rings (SSSR count). The zero-order valence-electron chi connectivity index (χ0n) is 16.6. The SMILES string of the molecule is O=C(CN1C(=O)S/C(=C/c2ccccc2OCc2ccccc2)C1=O)c1ccccc1. The van der Waals surface area contributed by atoms with Gasteiger partial charge in [-0.2, -0.15) is 0 Å². The third kappa shape index (κ3) is 4.92. The van der Waals surface area contributed by atoms with Gasteiger partial charge >= 0.3 is 0 Å². The number of thioether (sulfide) groups is 1. The van der Waals surface area contributed by atoms with E-state index in [-0.39, 0.29) is 17.2 Å². The highest BCUT2D eigenvalue weighted by Crippen LogP contribution is 2.34. The van der Waals surface area contributed by atoms with Gasteiger partial charge in [-0.05, 0) is 29.5 Å². The standard InChI is InChI=1S/C25H19NO4S/c27-21(19-11-5-2-6-12-19)16-26-24(28)23(31-25(26)29)15-20-13-7-8-14-22(20)30-17-18-9-3-1-4-10-18/h1-15H,16-17H2/b23-15+. The van der Waals surface area contributed by atoms with Gasteiger partial charge in [0.2, 0.25) is 0 Å². The van der Waals surface area contributed by atoms with Gasteiger partial charge in [0, 0.05) is 11.1 Å². The van der Waals surface area contributed by atoms with Gasteiger partial charge < -0.3 is 4.74 Å². The minimum absolute atomic E-state index is 0.265. The Hall–Kier alpha value is -3.64. The van der Waals surface area contributed by atoms with Crippen molar-refractivity contribution in [2.24, 2.45) is 0 Å². The lowest BCUT2D eigenvalue weighted by atomic mass is 10.1. The number of imide groups is 1. The maximum atomic E-state index is 12.8. The van der Waals surface area contributed by atoms with Crippen molar-refractivity contribution in [3.8, 4) is 5.75 Å². The minimum Gasteiger partial charge on any atom is -0.488 e. The second kappa shape index (κ2) is 9.45. The highest BCUT2D eigenvalue weighted by atomic mass is 32.2. The van der Waals surface area contributed by atoms with E-state index >= 15 is 0 Å². The van der Waals surface area contributed by atoms with Crippen molar-refractivity contribution < 1.29 is 19.1 Å². The summed E-state index contributed by atoms with van der Waals surface area (Å²) in [5.41, 5.74) is 2.18. The molecule has 2 amide bonds. The number of hydrogen-bond donors (Lipinski definition) is 0. The maximum Gasteiger partial charge on any atom is 0.293 e. The Morgan fingerprint density at radius 1 is 0.871 bits per heavy atom. The quantitative estimate of drug-likeness (QED) is 0.382. The number of rotatable bonds is 7. The first kappa shape index (κ1) is 20.6. The fraction of sp³-hybridized carbons (Fsp3) is 0.0800. The van der Waals surface area contributed by atoms with Crippen molar-refractivity contribution >= 4 is 34.8 Å². The lowest BCUT2D eigenvalue weighted by Crippen LogP contribution is -2.33. The molecule has 154 valence electrons. The van der Waals surface area contributed by atoms with Gasteiger partial charge in [0.05, 0.1) is 11.4 Å². The molecule has 5 nitrogen and oxygen atoms in total. The number of nitrogens with zero attached hydrogens (tertiary/aromatic N) is 1. The zero-order valence-corrected chi connectivity index (χ0v) is 17.4. The molecule has 1 saturated heterocycles. The Kier molecular flexibility index (Phi) is 6.29. The number of ether oxygens (including phenoxy) is 1. The predicted molar refractivity (Wildman–Crippen MR) is 121 cm³/mol. The molecule has 1 aliphatic heterocycles. The molecule has 1 heterocycles. The highest BCUT2D eigenvalue weighted by Gasteiger charge is 2.36. The van der Waals surface area contributed by atoms with Crippen LogP contribution in [-0.2, 0) is 11.4 Å². The van der Waals surface area contributed by atoms with Crippen molar-refractivity contribution in [3.63, 3.8) is 0 Å². The van der Waals surface area contributed by atoms with Crippen molar-refractivity contribution in [2.45, 2.75) is 6.61 Å². The first-order valence-electron chi connectivity index (χ1n) is 9.71. The topological polar surface area (TPSA) is 63.7 Å². The summed E-state index contributed by atoms with van der Waals surface area (Å²) in [6.45, 7) is 0.108. The Morgan fingerprint density at radius 3 is 2.26 bits per heavy atom. The van der Waals surface area contributed by atoms with Gasteiger partial charge in [-0.25, -0.2) is 0 Å². The van der Waals surface area contributed by atoms with Crippen LogP contribution in [0.3, 0.4) is 0 Å². The molecule has 0 saturated carbocycles. The average molecular weight is 429 g/mol. The normalized spacial score (nSPS) is 14.8. The van der Waals surface area contributed by atoms with E-state index in [1.807, 2.05) is 54.6 Å². The van der Waals surface area contributed by atoms with E-state index < -0.39 is 11.1 Å². The second-order valence-electron chi connectivity index (χ2n) is 6.87. The summed E-state index contributed by atoms with van der Waals surface area (Å²) in [7, 11) is 0. The fourth-order valence-corrected chi connectivity index (χ4v) is 3.93. The number of amides is 2. The van der Waals surface area contributed by atoms with Crippen LogP contribution in [0.4, 0.5) is 4.79 Å². The van der Waals surface area contributed by atoms with Crippen LogP contribution >= 0.6 is 11.8 Å². The molecule has 0 spiro atoms. The monoisotopic (exact) mass is 429 g/mol. The molecule has 3 aromatic rings. The molecule has 0 aliphatic carbocycles. The van der Waals surface area contributed by atoms with Gasteiger partial charge in [-0.3, -0.25) is 19.3 Å². The molecule has 0 N–H and O–H groups in total. The number of Topliss-reactive ketones (excluding diaryl/α,β-unsaturated/α-hetero) is 1. The molecule has 0 radical (unpaired) electrons. The summed E-state index contributed by atoms with van der Waals surface area (Å²) in [6, 6.07) is 25.7. The largest absolute Gasteiger partial charge is 0.488 e. The lowest BCUT2D eigenvalue weighted by molar-refractivity contribution is -0.122. The van der Waals surface area contributed by atoms with Crippen molar-refractivity contribution in [1.29, 1.82) is 0 Å². The molecular formula is C25H19NO4S. The number of carbonyl (C=O) groups excluding carboxylic acids is 3. The summed E-state index contributed by atoms with van der Waals surface area (Å²) in [5.74, 6) is -0.147. The summed E-state index contributed by atoms with van der Waals surface area (Å²) in [5, 5.41) is -0.455. The first-order chi connectivity index (χ1) is 15.1. The zero-order chi connectivity index (χ0) is 21.6. The van der Waals surface area contributed by atoms with Gasteiger partial charge in [-0.1, -0.05) is 78.9 Å². The van der Waals surface area contributed by atoms with E-state index in [0.29, 0.717) is 23.5 Å². The molecule has 1 aliphatic rings. The van der Waals surface area contributed by atoms with E-state index in [0.717, 1.165) is 22.2 Å². The highest BCUT2D eigenvalue weighted by molar-refractivity contribution is 8.18. The number of hydrogen-bond acceptors (Lipinski definition) is 5.